The number of anilines is 3. The SMILES string of the molecule is CCNc1cn2ccnc2c(Nc2cc(C)ccc2F)n1. The van der Waals surface area contributed by atoms with E-state index in [9.17, 15) is 4.39 Å². The van der Waals surface area contributed by atoms with Crippen LogP contribution in [-0.2, 0) is 0 Å². The fourth-order valence-corrected chi connectivity index (χ4v) is 2.14. The number of hydrogen-bond donors (Lipinski definition) is 2. The molecule has 0 aliphatic rings. The number of aromatic nitrogens is 3. The van der Waals surface area contributed by atoms with E-state index in [1.165, 1.54) is 6.07 Å². The monoisotopic (exact) mass is 285 g/mol. The summed E-state index contributed by atoms with van der Waals surface area (Å²) in [5, 5.41) is 6.18. The first-order chi connectivity index (χ1) is 10.2. The molecular formula is C15H16FN5. The Hall–Kier alpha value is -2.63. The third-order valence-electron chi connectivity index (χ3n) is 3.11. The number of halogens is 1. The molecule has 0 spiro atoms. The lowest BCUT2D eigenvalue weighted by Gasteiger charge is -2.11. The Morgan fingerprint density at radius 2 is 2.19 bits per heavy atom. The van der Waals surface area contributed by atoms with E-state index in [-0.39, 0.29) is 5.82 Å². The molecule has 2 heterocycles. The number of benzene rings is 1. The van der Waals surface area contributed by atoms with Crippen molar-refractivity contribution in [2.45, 2.75) is 13.8 Å². The maximum absolute atomic E-state index is 13.9. The molecule has 0 saturated carbocycles. The number of imidazole rings is 1. The van der Waals surface area contributed by atoms with E-state index in [4.69, 9.17) is 0 Å². The number of nitrogens with one attached hydrogen (secondary N) is 2. The molecule has 0 amide bonds. The third-order valence-corrected chi connectivity index (χ3v) is 3.11. The van der Waals surface area contributed by atoms with Gasteiger partial charge in [0.2, 0.25) is 0 Å². The zero-order chi connectivity index (χ0) is 14.8. The minimum Gasteiger partial charge on any atom is -0.369 e. The van der Waals surface area contributed by atoms with Crippen molar-refractivity contribution in [1.29, 1.82) is 0 Å². The molecule has 0 unspecified atom stereocenters. The van der Waals surface area contributed by atoms with Crippen LogP contribution in [0.1, 0.15) is 12.5 Å². The number of rotatable bonds is 4. The van der Waals surface area contributed by atoms with Gasteiger partial charge in [-0.15, -0.1) is 0 Å². The molecule has 108 valence electrons. The van der Waals surface area contributed by atoms with Crippen LogP contribution in [0.15, 0.2) is 36.8 Å². The zero-order valence-corrected chi connectivity index (χ0v) is 11.9. The maximum Gasteiger partial charge on any atom is 0.180 e. The van der Waals surface area contributed by atoms with E-state index >= 15 is 0 Å². The first-order valence-electron chi connectivity index (χ1n) is 6.78. The van der Waals surface area contributed by atoms with Gasteiger partial charge in [-0.1, -0.05) is 6.07 Å². The smallest absolute Gasteiger partial charge is 0.180 e. The van der Waals surface area contributed by atoms with Crippen molar-refractivity contribution in [2.24, 2.45) is 0 Å². The van der Waals surface area contributed by atoms with Gasteiger partial charge in [-0.2, -0.15) is 0 Å². The van der Waals surface area contributed by atoms with Crippen LogP contribution in [0.2, 0.25) is 0 Å². The van der Waals surface area contributed by atoms with Crippen LogP contribution >= 0.6 is 0 Å². The highest BCUT2D eigenvalue weighted by Crippen LogP contribution is 2.24. The second-order valence-electron chi connectivity index (χ2n) is 4.77. The molecule has 2 aromatic heterocycles. The quantitative estimate of drug-likeness (QED) is 0.772. The summed E-state index contributed by atoms with van der Waals surface area (Å²) in [4.78, 5) is 8.71. The molecule has 1 aromatic carbocycles. The number of nitrogens with zero attached hydrogens (tertiary/aromatic N) is 3. The average Bonchev–Trinajstić information content (AvgIpc) is 2.92. The lowest BCUT2D eigenvalue weighted by molar-refractivity contribution is 0.631. The molecule has 0 radical (unpaired) electrons. The van der Waals surface area contributed by atoms with Crippen molar-refractivity contribution >= 4 is 23.0 Å². The van der Waals surface area contributed by atoms with Crippen LogP contribution in [0.4, 0.5) is 21.7 Å². The molecule has 21 heavy (non-hydrogen) atoms. The summed E-state index contributed by atoms with van der Waals surface area (Å²) < 4.78 is 15.7. The highest BCUT2D eigenvalue weighted by molar-refractivity contribution is 5.72. The summed E-state index contributed by atoms with van der Waals surface area (Å²) in [6.07, 6.45) is 5.36. The molecule has 0 fully saturated rings. The molecular weight excluding hydrogens is 269 g/mol. The van der Waals surface area contributed by atoms with E-state index in [0.29, 0.717) is 23.0 Å². The fraction of sp³-hybridized carbons (Fsp3) is 0.200. The van der Waals surface area contributed by atoms with E-state index in [0.717, 1.165) is 12.1 Å². The summed E-state index contributed by atoms with van der Waals surface area (Å²) in [6.45, 7) is 4.66. The Balaban J connectivity index is 2.06. The Labute approximate surface area is 121 Å². The van der Waals surface area contributed by atoms with E-state index in [2.05, 4.69) is 20.6 Å². The van der Waals surface area contributed by atoms with Crippen molar-refractivity contribution in [1.82, 2.24) is 14.4 Å². The predicted molar refractivity (Wildman–Crippen MR) is 81.6 cm³/mol. The molecule has 5 nitrogen and oxygen atoms in total. The van der Waals surface area contributed by atoms with Crippen LogP contribution < -0.4 is 10.6 Å². The Morgan fingerprint density at radius 3 is 3.00 bits per heavy atom. The van der Waals surface area contributed by atoms with Gasteiger partial charge in [0.25, 0.3) is 0 Å². The van der Waals surface area contributed by atoms with Gasteiger partial charge >= 0.3 is 0 Å². The van der Waals surface area contributed by atoms with Gasteiger partial charge in [0, 0.05) is 18.9 Å². The average molecular weight is 285 g/mol. The minimum absolute atomic E-state index is 0.319. The predicted octanol–water partition coefficient (Wildman–Crippen LogP) is 3.35. The van der Waals surface area contributed by atoms with Crippen molar-refractivity contribution in [3.8, 4) is 0 Å². The van der Waals surface area contributed by atoms with Crippen molar-refractivity contribution < 1.29 is 4.39 Å². The largest absolute Gasteiger partial charge is 0.369 e. The Bertz CT molecular complexity index is 781. The second-order valence-corrected chi connectivity index (χ2v) is 4.77. The lowest BCUT2D eigenvalue weighted by atomic mass is 10.2. The standard InChI is InChI=1S/C15H16FN5/c1-3-17-13-9-21-7-6-18-15(21)14(20-13)19-12-8-10(2)4-5-11(12)16/h4-9,17H,3H2,1-2H3,(H,19,20). The highest BCUT2D eigenvalue weighted by Gasteiger charge is 2.10. The topological polar surface area (TPSA) is 54.2 Å². The Morgan fingerprint density at radius 1 is 1.33 bits per heavy atom. The minimum atomic E-state index is -0.319. The molecule has 3 aromatic rings. The van der Waals surface area contributed by atoms with E-state index in [1.807, 2.05) is 30.6 Å². The van der Waals surface area contributed by atoms with Crippen LogP contribution in [0, 0.1) is 12.7 Å². The number of hydrogen-bond acceptors (Lipinski definition) is 4. The summed E-state index contributed by atoms with van der Waals surface area (Å²) in [7, 11) is 0. The van der Waals surface area contributed by atoms with Crippen molar-refractivity contribution in [3.63, 3.8) is 0 Å². The van der Waals surface area contributed by atoms with Crippen molar-refractivity contribution in [2.75, 3.05) is 17.2 Å². The summed E-state index contributed by atoms with van der Waals surface area (Å²) >= 11 is 0. The molecule has 0 bridgehead atoms. The number of fused-ring (bicyclic) bond motifs is 1. The first-order valence-corrected chi connectivity index (χ1v) is 6.78. The molecule has 6 heteroatoms. The Kier molecular flexibility index (Phi) is 3.43. The van der Waals surface area contributed by atoms with Crippen LogP contribution in [-0.4, -0.2) is 20.9 Å². The summed E-state index contributed by atoms with van der Waals surface area (Å²) in [6, 6.07) is 4.92. The third kappa shape index (κ3) is 2.65. The first kappa shape index (κ1) is 13.4. The van der Waals surface area contributed by atoms with Gasteiger partial charge in [0.1, 0.15) is 11.6 Å². The van der Waals surface area contributed by atoms with Gasteiger partial charge in [0.15, 0.2) is 11.5 Å². The molecule has 0 atom stereocenters. The normalized spacial score (nSPS) is 10.8. The molecule has 0 aliphatic carbocycles. The van der Waals surface area contributed by atoms with Crippen LogP contribution in [0.3, 0.4) is 0 Å². The summed E-state index contributed by atoms with van der Waals surface area (Å²) in [5.41, 5.74) is 2.01. The van der Waals surface area contributed by atoms with E-state index < -0.39 is 0 Å². The van der Waals surface area contributed by atoms with Gasteiger partial charge in [-0.05, 0) is 31.5 Å². The molecule has 3 rings (SSSR count). The maximum atomic E-state index is 13.9. The van der Waals surface area contributed by atoms with Gasteiger partial charge in [-0.25, -0.2) is 14.4 Å². The number of aryl methyl sites for hydroxylation is 1. The van der Waals surface area contributed by atoms with Crippen molar-refractivity contribution in [3.05, 3.63) is 48.2 Å². The van der Waals surface area contributed by atoms with Gasteiger partial charge < -0.3 is 15.0 Å². The van der Waals surface area contributed by atoms with Crippen LogP contribution in [0.5, 0.6) is 0 Å². The molecule has 2 N–H and O–H groups in total. The molecule has 0 aliphatic heterocycles. The summed E-state index contributed by atoms with van der Waals surface area (Å²) in [5.74, 6) is 0.905. The highest BCUT2D eigenvalue weighted by atomic mass is 19.1. The fourth-order valence-electron chi connectivity index (χ4n) is 2.14. The zero-order valence-electron chi connectivity index (χ0n) is 11.9. The second kappa shape index (κ2) is 5.40. The van der Waals surface area contributed by atoms with Gasteiger partial charge in [-0.3, -0.25) is 0 Å². The van der Waals surface area contributed by atoms with Crippen LogP contribution in [0.25, 0.3) is 5.65 Å². The van der Waals surface area contributed by atoms with E-state index in [1.54, 1.807) is 18.3 Å². The lowest BCUT2D eigenvalue weighted by Crippen LogP contribution is -2.05. The molecule has 0 saturated heterocycles. The van der Waals surface area contributed by atoms with Gasteiger partial charge in [0.05, 0.1) is 11.9 Å².